The van der Waals surface area contributed by atoms with Crippen LogP contribution in [-0.4, -0.2) is 21.1 Å². The topological polar surface area (TPSA) is 46.0 Å². The van der Waals surface area contributed by atoms with Crippen molar-refractivity contribution < 1.29 is 0 Å². The SMILES string of the molecule is S=c1[nH]nc(-c2ccccc2Br)n1/N=C\c1ccc(Br)cc1. The predicted molar refractivity (Wildman–Crippen MR) is 97.7 cm³/mol. The van der Waals surface area contributed by atoms with E-state index in [1.165, 1.54) is 0 Å². The first-order valence-electron chi connectivity index (χ1n) is 6.37. The van der Waals surface area contributed by atoms with E-state index in [2.05, 4.69) is 47.2 Å². The molecule has 0 radical (unpaired) electrons. The van der Waals surface area contributed by atoms with Crippen LogP contribution >= 0.6 is 44.1 Å². The summed E-state index contributed by atoms with van der Waals surface area (Å²) in [6.07, 6.45) is 1.75. The van der Waals surface area contributed by atoms with E-state index in [1.54, 1.807) is 10.9 Å². The van der Waals surface area contributed by atoms with Crippen LogP contribution in [0.25, 0.3) is 11.4 Å². The molecule has 1 N–H and O–H groups in total. The fourth-order valence-electron chi connectivity index (χ4n) is 1.89. The molecule has 0 aliphatic heterocycles. The predicted octanol–water partition coefficient (Wildman–Crippen LogP) is 5.01. The molecule has 1 aromatic heterocycles. The highest BCUT2D eigenvalue weighted by Gasteiger charge is 2.10. The number of hydrogen-bond acceptors (Lipinski definition) is 3. The summed E-state index contributed by atoms with van der Waals surface area (Å²) in [4.78, 5) is 0. The number of nitrogens with zero attached hydrogens (tertiary/aromatic N) is 3. The van der Waals surface area contributed by atoms with Gasteiger partial charge < -0.3 is 0 Å². The third kappa shape index (κ3) is 3.26. The fourth-order valence-corrected chi connectivity index (χ4v) is 2.79. The lowest BCUT2D eigenvalue weighted by molar-refractivity contribution is 0.871. The quantitative estimate of drug-likeness (QED) is 0.462. The van der Waals surface area contributed by atoms with Gasteiger partial charge in [0, 0.05) is 14.5 Å². The Morgan fingerprint density at radius 3 is 2.55 bits per heavy atom. The highest BCUT2D eigenvalue weighted by Crippen LogP contribution is 2.26. The number of benzene rings is 2. The lowest BCUT2D eigenvalue weighted by Gasteiger charge is -2.03. The van der Waals surface area contributed by atoms with Crippen molar-refractivity contribution in [2.75, 3.05) is 0 Å². The number of H-pyrrole nitrogens is 1. The van der Waals surface area contributed by atoms with Crippen molar-refractivity contribution in [3.63, 3.8) is 0 Å². The molecule has 0 spiro atoms. The van der Waals surface area contributed by atoms with Crippen molar-refractivity contribution in [3.8, 4) is 11.4 Å². The Hall–Kier alpha value is -1.57. The van der Waals surface area contributed by atoms with Crippen LogP contribution in [0.3, 0.4) is 0 Å². The third-order valence-corrected chi connectivity index (χ3v) is 4.44. The van der Waals surface area contributed by atoms with Gasteiger partial charge in [-0.05, 0) is 42.0 Å². The average Bonchev–Trinajstić information content (AvgIpc) is 2.88. The molecule has 4 nitrogen and oxygen atoms in total. The van der Waals surface area contributed by atoms with E-state index < -0.39 is 0 Å². The smallest absolute Gasteiger partial charge is 0.216 e. The molecule has 1 heterocycles. The van der Waals surface area contributed by atoms with Crippen molar-refractivity contribution >= 4 is 50.3 Å². The first-order valence-corrected chi connectivity index (χ1v) is 8.37. The van der Waals surface area contributed by atoms with E-state index in [9.17, 15) is 0 Å². The maximum absolute atomic E-state index is 5.26. The zero-order valence-electron chi connectivity index (χ0n) is 11.2. The molecule has 0 unspecified atom stereocenters. The van der Waals surface area contributed by atoms with Gasteiger partial charge in [0.1, 0.15) is 0 Å². The van der Waals surface area contributed by atoms with Gasteiger partial charge in [0.15, 0.2) is 5.82 Å². The van der Waals surface area contributed by atoms with Crippen LogP contribution in [0.4, 0.5) is 0 Å². The molecule has 3 rings (SSSR count). The first-order chi connectivity index (χ1) is 10.6. The maximum Gasteiger partial charge on any atom is 0.216 e. The summed E-state index contributed by atoms with van der Waals surface area (Å²) < 4.78 is 4.01. The molecule has 7 heteroatoms. The van der Waals surface area contributed by atoms with Gasteiger partial charge in [0.05, 0.1) is 6.21 Å². The Labute approximate surface area is 149 Å². The van der Waals surface area contributed by atoms with Gasteiger partial charge in [-0.3, -0.25) is 0 Å². The number of aromatic nitrogens is 3. The molecule has 0 atom stereocenters. The summed E-state index contributed by atoms with van der Waals surface area (Å²) in [5.41, 5.74) is 1.90. The number of rotatable bonds is 3. The third-order valence-electron chi connectivity index (χ3n) is 2.96. The lowest BCUT2D eigenvalue weighted by atomic mass is 10.2. The van der Waals surface area contributed by atoms with Gasteiger partial charge in [-0.2, -0.15) is 14.9 Å². The van der Waals surface area contributed by atoms with Gasteiger partial charge in [-0.25, -0.2) is 5.10 Å². The van der Waals surface area contributed by atoms with Crippen LogP contribution in [0.5, 0.6) is 0 Å². The van der Waals surface area contributed by atoms with Gasteiger partial charge >= 0.3 is 0 Å². The molecule has 0 saturated heterocycles. The van der Waals surface area contributed by atoms with Crippen molar-refractivity contribution in [1.29, 1.82) is 0 Å². The number of hydrogen-bond donors (Lipinski definition) is 1. The average molecular weight is 438 g/mol. The Kier molecular flexibility index (Phi) is 4.66. The van der Waals surface area contributed by atoms with Crippen LogP contribution in [0.2, 0.25) is 0 Å². The van der Waals surface area contributed by atoms with E-state index in [1.807, 2.05) is 48.5 Å². The second-order valence-electron chi connectivity index (χ2n) is 4.44. The molecule has 0 saturated carbocycles. The number of aromatic amines is 1. The lowest BCUT2D eigenvalue weighted by Crippen LogP contribution is -1.95. The van der Waals surface area contributed by atoms with E-state index in [0.29, 0.717) is 10.6 Å². The molecule has 3 aromatic rings. The Morgan fingerprint density at radius 1 is 1.09 bits per heavy atom. The zero-order valence-corrected chi connectivity index (χ0v) is 15.2. The van der Waals surface area contributed by atoms with Crippen LogP contribution < -0.4 is 0 Å². The molecule has 110 valence electrons. The molecule has 0 aliphatic rings. The van der Waals surface area contributed by atoms with Crippen LogP contribution in [0.1, 0.15) is 5.56 Å². The molecule has 0 amide bonds. The largest absolute Gasteiger partial charge is 0.250 e. The minimum absolute atomic E-state index is 0.444. The monoisotopic (exact) mass is 436 g/mol. The fraction of sp³-hybridized carbons (Fsp3) is 0. The normalized spacial score (nSPS) is 11.2. The molecule has 22 heavy (non-hydrogen) atoms. The Morgan fingerprint density at radius 2 is 1.82 bits per heavy atom. The minimum atomic E-state index is 0.444. The van der Waals surface area contributed by atoms with E-state index in [4.69, 9.17) is 12.2 Å². The van der Waals surface area contributed by atoms with Crippen LogP contribution in [0.15, 0.2) is 62.6 Å². The van der Waals surface area contributed by atoms with Crippen molar-refractivity contribution in [3.05, 3.63) is 67.8 Å². The molecule has 0 fully saturated rings. The molecule has 2 aromatic carbocycles. The zero-order chi connectivity index (χ0) is 15.5. The van der Waals surface area contributed by atoms with Gasteiger partial charge in [-0.1, -0.05) is 56.1 Å². The highest BCUT2D eigenvalue weighted by atomic mass is 79.9. The maximum atomic E-state index is 5.26. The summed E-state index contributed by atoms with van der Waals surface area (Å²) in [6.45, 7) is 0. The standard InChI is InChI=1S/C15H10Br2N4S/c16-11-7-5-10(6-8-11)9-18-21-14(19-20-15(21)22)12-3-1-2-4-13(12)17/h1-9H,(H,20,22)/b18-9-. The summed E-state index contributed by atoms with van der Waals surface area (Å²) in [5, 5.41) is 11.5. The van der Waals surface area contributed by atoms with Gasteiger partial charge in [0.2, 0.25) is 4.77 Å². The molecule has 0 aliphatic carbocycles. The van der Waals surface area contributed by atoms with Crippen molar-refractivity contribution in [1.82, 2.24) is 14.9 Å². The summed E-state index contributed by atoms with van der Waals surface area (Å²) in [7, 11) is 0. The van der Waals surface area contributed by atoms with Gasteiger partial charge in [0.25, 0.3) is 0 Å². The van der Waals surface area contributed by atoms with E-state index in [-0.39, 0.29) is 0 Å². The van der Waals surface area contributed by atoms with E-state index in [0.717, 1.165) is 20.1 Å². The molecule has 0 bridgehead atoms. The summed E-state index contributed by atoms with van der Waals surface area (Å²) in [6, 6.07) is 15.7. The first kappa shape index (κ1) is 15.3. The summed E-state index contributed by atoms with van der Waals surface area (Å²) in [5.74, 6) is 0.658. The van der Waals surface area contributed by atoms with Crippen LogP contribution in [-0.2, 0) is 0 Å². The Bertz CT molecular complexity index is 881. The van der Waals surface area contributed by atoms with Crippen molar-refractivity contribution in [2.45, 2.75) is 0 Å². The minimum Gasteiger partial charge on any atom is -0.250 e. The molecular formula is C15H10Br2N4S. The van der Waals surface area contributed by atoms with Crippen molar-refractivity contribution in [2.24, 2.45) is 5.10 Å². The second-order valence-corrected chi connectivity index (χ2v) is 6.60. The summed E-state index contributed by atoms with van der Waals surface area (Å²) >= 11 is 12.2. The number of halogens is 2. The van der Waals surface area contributed by atoms with E-state index >= 15 is 0 Å². The van der Waals surface area contributed by atoms with Crippen LogP contribution in [0, 0.1) is 4.77 Å². The van der Waals surface area contributed by atoms with Gasteiger partial charge in [-0.15, -0.1) is 0 Å². The number of nitrogens with one attached hydrogen (secondary N) is 1. The molecular weight excluding hydrogens is 428 g/mol. The second kappa shape index (κ2) is 6.68. The highest BCUT2D eigenvalue weighted by molar-refractivity contribution is 9.10. The Balaban J connectivity index is 2.02.